The third-order valence-electron chi connectivity index (χ3n) is 5.01. The number of likely N-dealkylation sites (tertiary alicyclic amines) is 1. The molecule has 1 unspecified atom stereocenters. The van der Waals surface area contributed by atoms with Gasteiger partial charge < -0.3 is 14.5 Å². The van der Waals surface area contributed by atoms with Crippen LogP contribution in [-0.4, -0.2) is 43.4 Å². The third kappa shape index (κ3) is 2.45. The topological polar surface area (TPSA) is 90.6 Å². The van der Waals surface area contributed by atoms with Crippen LogP contribution in [0.25, 0.3) is 22.1 Å². The first kappa shape index (κ1) is 15.6. The molecule has 128 valence electrons. The van der Waals surface area contributed by atoms with E-state index in [1.807, 2.05) is 23.5 Å². The summed E-state index contributed by atoms with van der Waals surface area (Å²) in [5.74, 6) is -0.0995. The number of aromatic amines is 1. The Morgan fingerprint density at radius 3 is 3.08 bits per heavy atom. The quantitative estimate of drug-likeness (QED) is 0.779. The van der Waals surface area contributed by atoms with E-state index in [1.54, 1.807) is 20.0 Å². The number of fused-ring (bicyclic) bond motifs is 3. The summed E-state index contributed by atoms with van der Waals surface area (Å²) in [4.78, 5) is 26.5. The number of hydrogen-bond donors (Lipinski definition) is 1. The van der Waals surface area contributed by atoms with Crippen molar-refractivity contribution < 1.29 is 4.79 Å². The van der Waals surface area contributed by atoms with Gasteiger partial charge in [-0.3, -0.25) is 4.79 Å². The van der Waals surface area contributed by atoms with Gasteiger partial charge in [0.25, 0.3) is 0 Å². The molecule has 0 aromatic carbocycles. The van der Waals surface area contributed by atoms with Crippen LogP contribution in [0.15, 0.2) is 24.8 Å². The third-order valence-corrected chi connectivity index (χ3v) is 5.01. The second-order valence-electron chi connectivity index (χ2n) is 7.17. The molecule has 1 saturated heterocycles. The Morgan fingerprint density at radius 1 is 1.44 bits per heavy atom. The Kier molecular flexibility index (Phi) is 3.49. The zero-order chi connectivity index (χ0) is 17.6. The minimum Gasteiger partial charge on any atom is -0.346 e. The lowest BCUT2D eigenvalue weighted by Gasteiger charge is -2.36. The van der Waals surface area contributed by atoms with Gasteiger partial charge in [-0.05, 0) is 32.8 Å². The molecule has 0 radical (unpaired) electrons. The summed E-state index contributed by atoms with van der Waals surface area (Å²) in [5, 5.41) is 10.3. The van der Waals surface area contributed by atoms with Crippen LogP contribution >= 0.6 is 0 Å². The number of carbonyl (C=O) groups is 1. The van der Waals surface area contributed by atoms with E-state index < -0.39 is 5.41 Å². The van der Waals surface area contributed by atoms with Crippen LogP contribution in [0.1, 0.15) is 32.7 Å². The molecule has 1 aliphatic heterocycles. The van der Waals surface area contributed by atoms with Crippen LogP contribution in [-0.2, 0) is 4.79 Å². The number of amides is 1. The average Bonchev–Trinajstić information content (AvgIpc) is 3.27. The van der Waals surface area contributed by atoms with Crippen molar-refractivity contribution >= 4 is 28.0 Å². The van der Waals surface area contributed by atoms with Crippen molar-refractivity contribution in [2.45, 2.75) is 32.7 Å². The van der Waals surface area contributed by atoms with Crippen molar-refractivity contribution in [3.63, 3.8) is 0 Å². The molecule has 7 heteroatoms. The van der Waals surface area contributed by atoms with Crippen molar-refractivity contribution in [1.29, 1.82) is 5.26 Å². The first-order chi connectivity index (χ1) is 12.0. The normalized spacial score (nSPS) is 18.6. The molecular formula is C18H20N6O. The number of nitrogens with one attached hydrogen (secondary N) is 1. The van der Waals surface area contributed by atoms with Crippen molar-refractivity contribution in [2.24, 2.45) is 5.41 Å². The molecule has 25 heavy (non-hydrogen) atoms. The molecule has 7 nitrogen and oxygen atoms in total. The number of piperidine rings is 1. The van der Waals surface area contributed by atoms with Crippen LogP contribution in [0.3, 0.4) is 0 Å². The lowest BCUT2D eigenvalue weighted by atomic mass is 9.92. The first-order valence-corrected chi connectivity index (χ1v) is 8.50. The number of H-pyrrole nitrogens is 1. The maximum Gasteiger partial charge on any atom is 0.242 e. The minimum atomic E-state index is -0.989. The molecule has 3 aromatic rings. The molecule has 4 heterocycles. The van der Waals surface area contributed by atoms with E-state index in [-0.39, 0.29) is 11.9 Å². The van der Waals surface area contributed by atoms with Gasteiger partial charge in [-0.15, -0.1) is 0 Å². The number of aromatic nitrogens is 4. The Labute approximate surface area is 145 Å². The van der Waals surface area contributed by atoms with E-state index in [9.17, 15) is 10.1 Å². The summed E-state index contributed by atoms with van der Waals surface area (Å²) >= 11 is 0. The van der Waals surface area contributed by atoms with Gasteiger partial charge in [-0.2, -0.15) is 5.26 Å². The van der Waals surface area contributed by atoms with Crippen LogP contribution in [0.4, 0.5) is 0 Å². The summed E-state index contributed by atoms with van der Waals surface area (Å²) in [7, 11) is 0. The van der Waals surface area contributed by atoms with E-state index in [2.05, 4.69) is 25.6 Å². The molecule has 0 bridgehead atoms. The molecule has 0 saturated carbocycles. The van der Waals surface area contributed by atoms with Crippen LogP contribution < -0.4 is 0 Å². The number of rotatable bonds is 2. The highest BCUT2D eigenvalue weighted by atomic mass is 16.2. The molecule has 1 aliphatic rings. The number of imidazole rings is 1. The van der Waals surface area contributed by atoms with Crippen molar-refractivity contribution in [2.75, 3.05) is 13.1 Å². The van der Waals surface area contributed by atoms with E-state index in [0.717, 1.165) is 34.9 Å². The van der Waals surface area contributed by atoms with Crippen molar-refractivity contribution in [1.82, 2.24) is 24.4 Å². The smallest absolute Gasteiger partial charge is 0.242 e. The highest BCUT2D eigenvalue weighted by Crippen LogP contribution is 2.30. The Hall–Kier alpha value is -2.88. The fourth-order valence-electron chi connectivity index (χ4n) is 3.62. The van der Waals surface area contributed by atoms with Gasteiger partial charge in [0.15, 0.2) is 0 Å². The maximum absolute atomic E-state index is 12.7. The molecule has 1 N–H and O–H groups in total. The number of pyridine rings is 1. The maximum atomic E-state index is 12.7. The van der Waals surface area contributed by atoms with Gasteiger partial charge in [0, 0.05) is 24.7 Å². The number of carbonyl (C=O) groups excluding carboxylic acids is 1. The molecule has 0 aliphatic carbocycles. The molecule has 1 atom stereocenters. The number of hydrogen-bond acceptors (Lipinski definition) is 4. The molecule has 4 rings (SSSR count). The highest BCUT2D eigenvalue weighted by Gasteiger charge is 2.35. The Morgan fingerprint density at radius 2 is 2.28 bits per heavy atom. The lowest BCUT2D eigenvalue weighted by molar-refractivity contribution is -0.139. The summed E-state index contributed by atoms with van der Waals surface area (Å²) in [6, 6.07) is 4.27. The largest absolute Gasteiger partial charge is 0.346 e. The van der Waals surface area contributed by atoms with E-state index in [1.165, 1.54) is 0 Å². The summed E-state index contributed by atoms with van der Waals surface area (Å²) in [6.45, 7) is 4.67. The van der Waals surface area contributed by atoms with Gasteiger partial charge in [-0.1, -0.05) is 0 Å². The number of nitriles is 1. The standard InChI is InChI=1S/C18H20N6O/c1-18(2,10-19)17(25)23-7-3-4-12(9-23)24-11-22-14-8-21-16-13(15(14)24)5-6-20-16/h5-6,8,11-12H,3-4,7,9H2,1-2H3,(H,20,21). The zero-order valence-corrected chi connectivity index (χ0v) is 14.4. The van der Waals surface area contributed by atoms with Gasteiger partial charge in [0.05, 0.1) is 30.2 Å². The van der Waals surface area contributed by atoms with Crippen molar-refractivity contribution in [3.8, 4) is 6.07 Å². The fraction of sp³-hybridized carbons (Fsp3) is 0.444. The highest BCUT2D eigenvalue weighted by molar-refractivity contribution is 6.01. The SMILES string of the molecule is CC(C)(C#N)C(=O)N1CCCC(n2cnc3cnc4[nH]ccc4c32)C1. The molecule has 1 amide bonds. The van der Waals surface area contributed by atoms with Gasteiger partial charge in [0.1, 0.15) is 16.6 Å². The second kappa shape index (κ2) is 5.59. The predicted octanol–water partition coefficient (Wildman–Crippen LogP) is 2.63. The van der Waals surface area contributed by atoms with Gasteiger partial charge in [0.2, 0.25) is 5.91 Å². The summed E-state index contributed by atoms with van der Waals surface area (Å²) in [5.41, 5.74) is 1.75. The Balaban J connectivity index is 1.71. The fourth-order valence-corrected chi connectivity index (χ4v) is 3.62. The second-order valence-corrected chi connectivity index (χ2v) is 7.17. The first-order valence-electron chi connectivity index (χ1n) is 8.50. The average molecular weight is 336 g/mol. The molecule has 1 fully saturated rings. The molecular weight excluding hydrogens is 316 g/mol. The van der Waals surface area contributed by atoms with Gasteiger partial charge in [-0.25, -0.2) is 9.97 Å². The molecule has 0 spiro atoms. The van der Waals surface area contributed by atoms with Crippen molar-refractivity contribution in [3.05, 3.63) is 24.8 Å². The zero-order valence-electron chi connectivity index (χ0n) is 14.4. The lowest BCUT2D eigenvalue weighted by Crippen LogP contribution is -2.46. The number of nitrogens with zero attached hydrogens (tertiary/aromatic N) is 5. The van der Waals surface area contributed by atoms with E-state index in [4.69, 9.17) is 0 Å². The minimum absolute atomic E-state index is 0.0995. The summed E-state index contributed by atoms with van der Waals surface area (Å²) in [6.07, 6.45) is 7.39. The van der Waals surface area contributed by atoms with Crippen LogP contribution in [0.5, 0.6) is 0 Å². The van der Waals surface area contributed by atoms with Gasteiger partial charge >= 0.3 is 0 Å². The van der Waals surface area contributed by atoms with E-state index in [0.29, 0.717) is 13.1 Å². The predicted molar refractivity (Wildman–Crippen MR) is 93.6 cm³/mol. The van der Waals surface area contributed by atoms with Crippen LogP contribution in [0.2, 0.25) is 0 Å². The Bertz CT molecular complexity index is 992. The summed E-state index contributed by atoms with van der Waals surface area (Å²) < 4.78 is 2.16. The molecule has 3 aromatic heterocycles. The van der Waals surface area contributed by atoms with Crippen LogP contribution in [0, 0.1) is 16.7 Å². The monoisotopic (exact) mass is 336 g/mol. The van der Waals surface area contributed by atoms with E-state index >= 15 is 0 Å².